The Bertz CT molecular complexity index is 459. The monoisotopic (exact) mass is 324 g/mol. The molecule has 1 aliphatic heterocycles. The van der Waals surface area contributed by atoms with Crippen LogP contribution in [0.4, 0.5) is 0 Å². The number of hydrogen-bond donors (Lipinski definition) is 1. The van der Waals surface area contributed by atoms with Gasteiger partial charge in [-0.2, -0.15) is 0 Å². The average Bonchev–Trinajstić information content (AvgIpc) is 2.89. The highest BCUT2D eigenvalue weighted by molar-refractivity contribution is 5.85. The summed E-state index contributed by atoms with van der Waals surface area (Å²) in [6, 6.07) is 8.54. The fraction of sp³-hybridized carbons (Fsp3) is 0.611. The number of benzene rings is 1. The number of carbonyl (C=O) groups excluding carboxylic acids is 1. The van der Waals surface area contributed by atoms with Gasteiger partial charge in [0.25, 0.3) is 0 Å². The fourth-order valence-corrected chi connectivity index (χ4v) is 3.07. The highest BCUT2D eigenvalue weighted by Crippen LogP contribution is 2.17. The smallest absolute Gasteiger partial charge is 0.226 e. The van der Waals surface area contributed by atoms with Crippen molar-refractivity contribution in [1.29, 1.82) is 0 Å². The number of hydrogen-bond acceptors (Lipinski definition) is 2. The lowest BCUT2D eigenvalue weighted by molar-refractivity contribution is -0.129. The second-order valence-electron chi connectivity index (χ2n) is 6.64. The summed E-state index contributed by atoms with van der Waals surface area (Å²) >= 11 is 0. The maximum absolute atomic E-state index is 12.3. The molecule has 22 heavy (non-hydrogen) atoms. The lowest BCUT2D eigenvalue weighted by Gasteiger charge is -2.17. The molecule has 124 valence electrons. The summed E-state index contributed by atoms with van der Waals surface area (Å²) in [7, 11) is 1.98. The van der Waals surface area contributed by atoms with E-state index in [0.29, 0.717) is 18.3 Å². The van der Waals surface area contributed by atoms with E-state index < -0.39 is 0 Å². The molecule has 1 atom stereocenters. The van der Waals surface area contributed by atoms with E-state index in [1.54, 1.807) is 0 Å². The number of carbonyl (C=O) groups is 1. The van der Waals surface area contributed by atoms with Crippen molar-refractivity contribution in [1.82, 2.24) is 10.2 Å². The Morgan fingerprint density at radius 1 is 1.27 bits per heavy atom. The van der Waals surface area contributed by atoms with Gasteiger partial charge in [-0.1, -0.05) is 38.1 Å². The van der Waals surface area contributed by atoms with Gasteiger partial charge >= 0.3 is 0 Å². The van der Waals surface area contributed by atoms with E-state index >= 15 is 0 Å². The van der Waals surface area contributed by atoms with Gasteiger partial charge in [-0.3, -0.25) is 4.79 Å². The van der Waals surface area contributed by atoms with Crippen molar-refractivity contribution >= 4 is 18.3 Å². The van der Waals surface area contributed by atoms with Crippen LogP contribution in [0, 0.1) is 11.8 Å². The Morgan fingerprint density at radius 3 is 2.50 bits per heavy atom. The summed E-state index contributed by atoms with van der Waals surface area (Å²) in [6.07, 6.45) is 2.76. The first-order valence-corrected chi connectivity index (χ1v) is 8.08. The first-order chi connectivity index (χ1) is 10.1. The molecule has 0 saturated carbocycles. The van der Waals surface area contributed by atoms with Crippen molar-refractivity contribution in [2.75, 3.05) is 26.7 Å². The predicted molar refractivity (Wildman–Crippen MR) is 94.5 cm³/mol. The molecule has 1 amide bonds. The molecule has 1 aliphatic rings. The second kappa shape index (κ2) is 9.16. The number of nitrogens with one attached hydrogen (secondary N) is 1. The third kappa shape index (κ3) is 5.62. The van der Waals surface area contributed by atoms with E-state index in [0.717, 1.165) is 38.0 Å². The van der Waals surface area contributed by atoms with Gasteiger partial charge < -0.3 is 10.2 Å². The molecule has 1 unspecified atom stereocenters. The van der Waals surface area contributed by atoms with Crippen molar-refractivity contribution < 1.29 is 4.79 Å². The molecular weight excluding hydrogens is 296 g/mol. The molecular formula is C18H29ClN2O. The van der Waals surface area contributed by atoms with Crippen molar-refractivity contribution in [2.24, 2.45) is 11.8 Å². The largest absolute Gasteiger partial charge is 0.342 e. The first kappa shape index (κ1) is 19.0. The molecule has 0 aromatic heterocycles. The number of likely N-dealkylation sites (tertiary alicyclic amines) is 1. The molecule has 0 radical (unpaired) electrons. The van der Waals surface area contributed by atoms with Crippen molar-refractivity contribution in [3.63, 3.8) is 0 Å². The van der Waals surface area contributed by atoms with Crippen LogP contribution in [0.25, 0.3) is 0 Å². The van der Waals surface area contributed by atoms with Crippen LogP contribution < -0.4 is 5.32 Å². The predicted octanol–water partition coefficient (Wildman–Crippen LogP) is 2.92. The van der Waals surface area contributed by atoms with E-state index in [2.05, 4.69) is 43.4 Å². The summed E-state index contributed by atoms with van der Waals surface area (Å²) < 4.78 is 0. The van der Waals surface area contributed by atoms with Crippen LogP contribution in [-0.2, 0) is 17.6 Å². The standard InChI is InChI=1S/C18H28N2O.ClH/c1-14(2)10-15-4-6-16(7-5-15)11-18(21)20-9-8-17(13-20)12-19-3;/h4-7,14,17,19H,8-13H2,1-3H3;1H. The highest BCUT2D eigenvalue weighted by atomic mass is 35.5. The normalized spacial score (nSPS) is 17.6. The summed E-state index contributed by atoms with van der Waals surface area (Å²) in [6.45, 7) is 7.29. The highest BCUT2D eigenvalue weighted by Gasteiger charge is 2.25. The van der Waals surface area contributed by atoms with Crippen LogP contribution >= 0.6 is 12.4 Å². The summed E-state index contributed by atoms with van der Waals surface area (Å²) in [5, 5.41) is 3.20. The molecule has 1 aromatic carbocycles. The molecule has 3 nitrogen and oxygen atoms in total. The Balaban J connectivity index is 0.00000242. The van der Waals surface area contributed by atoms with Gasteiger partial charge in [0.05, 0.1) is 6.42 Å². The lowest BCUT2D eigenvalue weighted by Crippen LogP contribution is -2.31. The van der Waals surface area contributed by atoms with Gasteiger partial charge in [0.1, 0.15) is 0 Å². The number of nitrogens with zero attached hydrogens (tertiary/aromatic N) is 1. The van der Waals surface area contributed by atoms with Crippen LogP contribution in [-0.4, -0.2) is 37.5 Å². The van der Waals surface area contributed by atoms with Gasteiger partial charge in [0.15, 0.2) is 0 Å². The molecule has 1 N–H and O–H groups in total. The second-order valence-corrected chi connectivity index (χ2v) is 6.64. The zero-order valence-electron chi connectivity index (χ0n) is 14.0. The molecule has 1 saturated heterocycles. The quantitative estimate of drug-likeness (QED) is 0.872. The molecule has 1 heterocycles. The van der Waals surface area contributed by atoms with Crippen molar-refractivity contribution in [3.05, 3.63) is 35.4 Å². The van der Waals surface area contributed by atoms with E-state index in [1.807, 2.05) is 11.9 Å². The average molecular weight is 325 g/mol. The number of amides is 1. The molecule has 0 bridgehead atoms. The van der Waals surface area contributed by atoms with E-state index in [1.165, 1.54) is 5.56 Å². The topological polar surface area (TPSA) is 32.3 Å². The van der Waals surface area contributed by atoms with Crippen LogP contribution in [0.1, 0.15) is 31.4 Å². The summed E-state index contributed by atoms with van der Waals surface area (Å²) in [5.41, 5.74) is 2.49. The molecule has 0 spiro atoms. The van der Waals surface area contributed by atoms with E-state index in [4.69, 9.17) is 0 Å². The SMILES string of the molecule is CNCC1CCN(C(=O)Cc2ccc(CC(C)C)cc2)C1.Cl. The Kier molecular flexibility index (Phi) is 7.91. The Morgan fingerprint density at radius 2 is 1.91 bits per heavy atom. The molecule has 1 aromatic rings. The summed E-state index contributed by atoms with van der Waals surface area (Å²) in [4.78, 5) is 14.4. The first-order valence-electron chi connectivity index (χ1n) is 8.08. The number of rotatable bonds is 6. The van der Waals surface area contributed by atoms with Crippen molar-refractivity contribution in [3.8, 4) is 0 Å². The van der Waals surface area contributed by atoms with Gasteiger partial charge in [-0.25, -0.2) is 0 Å². The molecule has 0 aliphatic carbocycles. The minimum absolute atomic E-state index is 0. The van der Waals surface area contributed by atoms with E-state index in [-0.39, 0.29) is 18.3 Å². The lowest BCUT2D eigenvalue weighted by atomic mass is 10.0. The van der Waals surface area contributed by atoms with Gasteiger partial charge in [0, 0.05) is 13.1 Å². The maximum Gasteiger partial charge on any atom is 0.226 e. The molecule has 2 rings (SSSR count). The van der Waals surface area contributed by atoms with Crippen LogP contribution in [0.5, 0.6) is 0 Å². The third-order valence-corrected chi connectivity index (χ3v) is 4.15. The molecule has 1 fully saturated rings. The third-order valence-electron chi connectivity index (χ3n) is 4.15. The van der Waals surface area contributed by atoms with E-state index in [9.17, 15) is 4.79 Å². The van der Waals surface area contributed by atoms with Gasteiger partial charge in [-0.15, -0.1) is 12.4 Å². The van der Waals surface area contributed by atoms with Crippen LogP contribution in [0.2, 0.25) is 0 Å². The minimum atomic E-state index is 0. The summed E-state index contributed by atoms with van der Waals surface area (Å²) in [5.74, 6) is 1.56. The Hall–Kier alpha value is -1.06. The van der Waals surface area contributed by atoms with Gasteiger partial charge in [0.2, 0.25) is 5.91 Å². The fourth-order valence-electron chi connectivity index (χ4n) is 3.07. The number of halogens is 1. The zero-order chi connectivity index (χ0) is 15.2. The van der Waals surface area contributed by atoms with Crippen LogP contribution in [0.15, 0.2) is 24.3 Å². The minimum Gasteiger partial charge on any atom is -0.342 e. The van der Waals surface area contributed by atoms with Crippen molar-refractivity contribution in [2.45, 2.75) is 33.1 Å². The maximum atomic E-state index is 12.3. The Labute approximate surface area is 140 Å². The molecule has 4 heteroatoms. The zero-order valence-corrected chi connectivity index (χ0v) is 14.8. The van der Waals surface area contributed by atoms with Gasteiger partial charge in [-0.05, 0) is 49.4 Å². The van der Waals surface area contributed by atoms with Crippen LogP contribution in [0.3, 0.4) is 0 Å².